The Hall–Kier alpha value is -2.25. The highest BCUT2D eigenvalue weighted by Crippen LogP contribution is 2.34. The Bertz CT molecular complexity index is 953. The standard InChI is InChI=1S/C17H18N4O2S/c22-24(23,14-6-2-1-3-7-14)21-12-5-4-8-16(21)15-10-13-20-17(19-15)9-11-18-20/h1-3,6-7,9-11,13,16H,4-5,8,12H2. The third-order valence-electron chi connectivity index (χ3n) is 4.42. The lowest BCUT2D eigenvalue weighted by molar-refractivity contribution is 0.251. The molecule has 7 heteroatoms. The van der Waals surface area contributed by atoms with Crippen LogP contribution in [0.25, 0.3) is 5.65 Å². The molecule has 0 radical (unpaired) electrons. The Morgan fingerprint density at radius 3 is 2.71 bits per heavy atom. The number of sulfonamides is 1. The van der Waals surface area contributed by atoms with Crippen molar-refractivity contribution in [3.05, 3.63) is 60.6 Å². The second kappa shape index (κ2) is 5.99. The van der Waals surface area contributed by atoms with E-state index in [0.29, 0.717) is 11.4 Å². The monoisotopic (exact) mass is 342 g/mol. The fourth-order valence-electron chi connectivity index (χ4n) is 3.23. The summed E-state index contributed by atoms with van der Waals surface area (Å²) in [6.45, 7) is 0.522. The molecule has 1 aliphatic heterocycles. The predicted octanol–water partition coefficient (Wildman–Crippen LogP) is 2.65. The van der Waals surface area contributed by atoms with Gasteiger partial charge in [-0.2, -0.15) is 9.40 Å². The summed E-state index contributed by atoms with van der Waals surface area (Å²) in [4.78, 5) is 4.95. The Balaban J connectivity index is 1.75. The van der Waals surface area contributed by atoms with E-state index in [-0.39, 0.29) is 6.04 Å². The second-order valence-electron chi connectivity index (χ2n) is 5.93. The molecule has 3 aromatic rings. The van der Waals surface area contributed by atoms with Crippen LogP contribution < -0.4 is 0 Å². The van der Waals surface area contributed by atoms with Crippen LogP contribution in [0.3, 0.4) is 0 Å². The second-order valence-corrected chi connectivity index (χ2v) is 7.82. The first-order valence-corrected chi connectivity index (χ1v) is 9.47. The van der Waals surface area contributed by atoms with Crippen LogP contribution in [0.2, 0.25) is 0 Å². The molecule has 124 valence electrons. The molecule has 6 nitrogen and oxygen atoms in total. The Morgan fingerprint density at radius 2 is 1.88 bits per heavy atom. The predicted molar refractivity (Wildman–Crippen MR) is 89.9 cm³/mol. The summed E-state index contributed by atoms with van der Waals surface area (Å²) in [7, 11) is -3.53. The van der Waals surface area contributed by atoms with Gasteiger partial charge < -0.3 is 0 Å². The van der Waals surface area contributed by atoms with Crippen molar-refractivity contribution < 1.29 is 8.42 Å². The quantitative estimate of drug-likeness (QED) is 0.734. The fourth-order valence-corrected chi connectivity index (χ4v) is 4.92. The van der Waals surface area contributed by atoms with Crippen molar-refractivity contribution in [2.75, 3.05) is 6.54 Å². The van der Waals surface area contributed by atoms with E-state index in [1.54, 1.807) is 39.3 Å². The molecule has 1 unspecified atom stereocenters. The number of hydrogen-bond acceptors (Lipinski definition) is 4. The van der Waals surface area contributed by atoms with Gasteiger partial charge in [0.05, 0.1) is 22.8 Å². The van der Waals surface area contributed by atoms with Crippen LogP contribution in [0, 0.1) is 0 Å². The lowest BCUT2D eigenvalue weighted by Crippen LogP contribution is -2.38. The molecule has 3 heterocycles. The first kappa shape index (κ1) is 15.3. The molecule has 1 fully saturated rings. The first-order valence-electron chi connectivity index (χ1n) is 8.03. The topological polar surface area (TPSA) is 67.6 Å². The summed E-state index contributed by atoms with van der Waals surface area (Å²) in [5.41, 5.74) is 1.51. The van der Waals surface area contributed by atoms with E-state index in [4.69, 9.17) is 0 Å². The lowest BCUT2D eigenvalue weighted by atomic mass is 10.0. The van der Waals surface area contributed by atoms with Crippen molar-refractivity contribution in [2.24, 2.45) is 0 Å². The lowest BCUT2D eigenvalue weighted by Gasteiger charge is -2.34. The zero-order chi connectivity index (χ0) is 16.6. The molecule has 0 saturated carbocycles. The third kappa shape index (κ3) is 2.59. The minimum atomic E-state index is -3.53. The molecule has 0 spiro atoms. The van der Waals surface area contributed by atoms with Gasteiger partial charge >= 0.3 is 0 Å². The van der Waals surface area contributed by atoms with Crippen LogP contribution in [0.1, 0.15) is 31.0 Å². The van der Waals surface area contributed by atoms with Crippen LogP contribution in [0.4, 0.5) is 0 Å². The van der Waals surface area contributed by atoms with Crippen molar-refractivity contribution in [3.63, 3.8) is 0 Å². The van der Waals surface area contributed by atoms with Crippen LogP contribution in [0.15, 0.2) is 59.8 Å². The Kier molecular flexibility index (Phi) is 3.82. The summed E-state index contributed by atoms with van der Waals surface area (Å²) in [5.74, 6) is 0. The van der Waals surface area contributed by atoms with Crippen LogP contribution in [-0.4, -0.2) is 33.9 Å². The average Bonchev–Trinajstić information content (AvgIpc) is 3.10. The van der Waals surface area contributed by atoms with Gasteiger partial charge in [0.2, 0.25) is 10.0 Å². The van der Waals surface area contributed by atoms with Gasteiger partial charge in [0, 0.05) is 18.8 Å². The molecule has 24 heavy (non-hydrogen) atoms. The maximum atomic E-state index is 13.1. The van der Waals surface area contributed by atoms with Gasteiger partial charge in [0.25, 0.3) is 0 Å². The zero-order valence-electron chi connectivity index (χ0n) is 13.1. The van der Waals surface area contributed by atoms with Gasteiger partial charge in [0.1, 0.15) is 0 Å². The van der Waals surface area contributed by atoms with Gasteiger partial charge in [-0.25, -0.2) is 17.9 Å². The number of fused-ring (bicyclic) bond motifs is 1. The van der Waals surface area contributed by atoms with Crippen molar-refractivity contribution in [2.45, 2.75) is 30.2 Å². The van der Waals surface area contributed by atoms with Gasteiger partial charge in [-0.15, -0.1) is 0 Å². The first-order chi connectivity index (χ1) is 11.7. The zero-order valence-corrected chi connectivity index (χ0v) is 13.9. The number of rotatable bonds is 3. The minimum absolute atomic E-state index is 0.233. The van der Waals surface area contributed by atoms with Gasteiger partial charge in [-0.3, -0.25) is 0 Å². The van der Waals surface area contributed by atoms with E-state index in [9.17, 15) is 8.42 Å². The molecule has 4 rings (SSSR count). The van der Waals surface area contributed by atoms with E-state index in [0.717, 1.165) is 30.6 Å². The number of benzene rings is 1. The largest absolute Gasteiger partial charge is 0.243 e. The molecular formula is C17H18N4O2S. The average molecular weight is 342 g/mol. The molecule has 2 aromatic heterocycles. The Labute approximate surface area is 140 Å². The highest BCUT2D eigenvalue weighted by atomic mass is 32.2. The highest BCUT2D eigenvalue weighted by molar-refractivity contribution is 7.89. The van der Waals surface area contributed by atoms with E-state index in [1.807, 2.05) is 24.4 Å². The smallest absolute Gasteiger partial charge is 0.232 e. The number of aromatic nitrogens is 3. The van der Waals surface area contributed by atoms with Crippen molar-refractivity contribution in [3.8, 4) is 0 Å². The van der Waals surface area contributed by atoms with E-state index >= 15 is 0 Å². The van der Waals surface area contributed by atoms with E-state index < -0.39 is 10.0 Å². The molecule has 0 amide bonds. The maximum absolute atomic E-state index is 13.1. The van der Waals surface area contributed by atoms with Crippen LogP contribution >= 0.6 is 0 Å². The highest BCUT2D eigenvalue weighted by Gasteiger charge is 2.35. The summed E-state index contributed by atoms with van der Waals surface area (Å²) < 4.78 is 29.4. The molecule has 0 N–H and O–H groups in total. The van der Waals surface area contributed by atoms with Crippen molar-refractivity contribution >= 4 is 15.7 Å². The van der Waals surface area contributed by atoms with Crippen LogP contribution in [-0.2, 0) is 10.0 Å². The summed E-state index contributed by atoms with van der Waals surface area (Å²) in [6.07, 6.45) is 6.17. The molecule has 1 aliphatic rings. The molecular weight excluding hydrogens is 324 g/mol. The maximum Gasteiger partial charge on any atom is 0.243 e. The summed E-state index contributed by atoms with van der Waals surface area (Å²) in [6, 6.07) is 12.1. The molecule has 1 saturated heterocycles. The SMILES string of the molecule is O=S(=O)(c1ccccc1)N1CCCCC1c1ccn2nccc2n1. The summed E-state index contributed by atoms with van der Waals surface area (Å²) in [5, 5.41) is 4.14. The third-order valence-corrected chi connectivity index (χ3v) is 6.35. The van der Waals surface area contributed by atoms with Crippen LogP contribution in [0.5, 0.6) is 0 Å². The summed E-state index contributed by atoms with van der Waals surface area (Å²) >= 11 is 0. The number of nitrogens with zero attached hydrogens (tertiary/aromatic N) is 4. The minimum Gasteiger partial charge on any atom is -0.232 e. The van der Waals surface area contributed by atoms with Gasteiger partial charge in [-0.1, -0.05) is 24.6 Å². The number of hydrogen-bond donors (Lipinski definition) is 0. The molecule has 1 atom stereocenters. The van der Waals surface area contributed by atoms with Gasteiger partial charge in [0.15, 0.2) is 5.65 Å². The normalized spacial score (nSPS) is 19.6. The van der Waals surface area contributed by atoms with Crippen molar-refractivity contribution in [1.29, 1.82) is 0 Å². The molecule has 0 bridgehead atoms. The van der Waals surface area contributed by atoms with E-state index in [1.165, 1.54) is 0 Å². The molecule has 0 aliphatic carbocycles. The fraction of sp³-hybridized carbons (Fsp3) is 0.294. The Morgan fingerprint density at radius 1 is 1.04 bits per heavy atom. The number of piperidine rings is 1. The van der Waals surface area contributed by atoms with Gasteiger partial charge in [-0.05, 0) is 31.0 Å². The molecule has 1 aromatic carbocycles. The van der Waals surface area contributed by atoms with E-state index in [2.05, 4.69) is 10.1 Å². The van der Waals surface area contributed by atoms with Crippen molar-refractivity contribution in [1.82, 2.24) is 18.9 Å².